The normalized spacial score (nSPS) is 20.0. The summed E-state index contributed by atoms with van der Waals surface area (Å²) in [6, 6.07) is 3.62. The monoisotopic (exact) mass is 312 g/mol. The van der Waals surface area contributed by atoms with Crippen LogP contribution in [0.15, 0.2) is 17.0 Å². The van der Waals surface area contributed by atoms with Crippen LogP contribution in [0.25, 0.3) is 0 Å². The van der Waals surface area contributed by atoms with E-state index in [1.807, 2.05) is 13.0 Å². The van der Waals surface area contributed by atoms with Crippen LogP contribution in [0.3, 0.4) is 0 Å². The first-order valence-electron chi connectivity index (χ1n) is 7.38. The van der Waals surface area contributed by atoms with Crippen LogP contribution < -0.4 is 5.73 Å². The number of aliphatic hydroxyl groups is 1. The Morgan fingerprint density at radius 2 is 2.00 bits per heavy atom. The van der Waals surface area contributed by atoms with Gasteiger partial charge >= 0.3 is 0 Å². The minimum atomic E-state index is -3.58. The SMILES string of the molecule is Cc1ccc(C)c(S(=O)(=O)N2CCCC2CCCO)c1N. The Labute approximate surface area is 126 Å². The minimum Gasteiger partial charge on any atom is -0.397 e. The zero-order chi connectivity index (χ0) is 15.6. The number of benzene rings is 1. The summed E-state index contributed by atoms with van der Waals surface area (Å²) in [7, 11) is -3.58. The molecule has 0 aromatic heterocycles. The van der Waals surface area contributed by atoms with Crippen LogP contribution in [0.1, 0.15) is 36.8 Å². The highest BCUT2D eigenvalue weighted by molar-refractivity contribution is 7.89. The molecule has 0 aliphatic carbocycles. The van der Waals surface area contributed by atoms with Crippen LogP contribution in [-0.2, 0) is 10.0 Å². The van der Waals surface area contributed by atoms with Gasteiger partial charge in [-0.1, -0.05) is 12.1 Å². The fourth-order valence-electron chi connectivity index (χ4n) is 3.01. The van der Waals surface area contributed by atoms with E-state index in [-0.39, 0.29) is 17.5 Å². The number of aliphatic hydroxyl groups excluding tert-OH is 1. The fraction of sp³-hybridized carbons (Fsp3) is 0.600. The molecule has 1 aromatic rings. The van der Waals surface area contributed by atoms with Crippen molar-refractivity contribution in [2.45, 2.75) is 50.5 Å². The van der Waals surface area contributed by atoms with Gasteiger partial charge in [-0.15, -0.1) is 0 Å². The first-order chi connectivity index (χ1) is 9.89. The van der Waals surface area contributed by atoms with E-state index in [9.17, 15) is 8.42 Å². The average molecular weight is 312 g/mol. The lowest BCUT2D eigenvalue weighted by molar-refractivity contribution is 0.264. The highest BCUT2D eigenvalue weighted by Gasteiger charge is 2.36. The molecule has 1 aliphatic rings. The number of rotatable bonds is 5. The quantitative estimate of drug-likeness (QED) is 0.812. The van der Waals surface area contributed by atoms with E-state index < -0.39 is 10.0 Å². The number of hydrogen-bond donors (Lipinski definition) is 2. The molecule has 1 aliphatic heterocycles. The van der Waals surface area contributed by atoms with Gasteiger partial charge in [0.25, 0.3) is 0 Å². The summed E-state index contributed by atoms with van der Waals surface area (Å²) in [6.07, 6.45) is 3.03. The summed E-state index contributed by atoms with van der Waals surface area (Å²) >= 11 is 0. The van der Waals surface area contributed by atoms with E-state index in [1.165, 1.54) is 0 Å². The molecule has 1 unspecified atom stereocenters. The lowest BCUT2D eigenvalue weighted by atomic mass is 10.1. The van der Waals surface area contributed by atoms with Crippen molar-refractivity contribution in [2.75, 3.05) is 18.9 Å². The zero-order valence-electron chi connectivity index (χ0n) is 12.7. The largest absolute Gasteiger partial charge is 0.397 e. The Hall–Kier alpha value is -1.11. The maximum absolute atomic E-state index is 13.0. The molecule has 0 bridgehead atoms. The molecule has 3 N–H and O–H groups in total. The molecule has 1 fully saturated rings. The van der Waals surface area contributed by atoms with Gasteiger partial charge in [0.2, 0.25) is 10.0 Å². The fourth-order valence-corrected chi connectivity index (χ4v) is 5.13. The highest BCUT2D eigenvalue weighted by Crippen LogP contribution is 2.33. The molecule has 1 heterocycles. The zero-order valence-corrected chi connectivity index (χ0v) is 13.5. The van der Waals surface area contributed by atoms with Gasteiger partial charge in [-0.25, -0.2) is 8.42 Å². The van der Waals surface area contributed by atoms with E-state index in [1.54, 1.807) is 17.3 Å². The molecule has 5 nitrogen and oxygen atoms in total. The van der Waals surface area contributed by atoms with E-state index in [4.69, 9.17) is 10.8 Å². The highest BCUT2D eigenvalue weighted by atomic mass is 32.2. The molecular weight excluding hydrogens is 288 g/mol. The summed E-state index contributed by atoms with van der Waals surface area (Å²) in [6.45, 7) is 4.23. The number of nitrogens with zero attached hydrogens (tertiary/aromatic N) is 1. The summed E-state index contributed by atoms with van der Waals surface area (Å²) in [5.74, 6) is 0. The molecule has 2 rings (SSSR count). The average Bonchev–Trinajstić information content (AvgIpc) is 2.90. The number of nitrogen functional groups attached to an aromatic ring is 1. The van der Waals surface area contributed by atoms with Crippen molar-refractivity contribution >= 4 is 15.7 Å². The van der Waals surface area contributed by atoms with Crippen LogP contribution >= 0.6 is 0 Å². The van der Waals surface area contributed by atoms with Crippen molar-refractivity contribution in [2.24, 2.45) is 0 Å². The Kier molecular flexibility index (Phi) is 4.91. The van der Waals surface area contributed by atoms with Gasteiger partial charge < -0.3 is 10.8 Å². The second kappa shape index (κ2) is 6.34. The third kappa shape index (κ3) is 3.07. The lowest BCUT2D eigenvalue weighted by Crippen LogP contribution is -2.36. The van der Waals surface area contributed by atoms with Crippen LogP contribution in [0.5, 0.6) is 0 Å². The van der Waals surface area contributed by atoms with E-state index >= 15 is 0 Å². The first-order valence-corrected chi connectivity index (χ1v) is 8.82. The van der Waals surface area contributed by atoms with E-state index in [0.29, 0.717) is 30.6 Å². The third-order valence-corrected chi connectivity index (χ3v) is 6.35. The molecular formula is C15H24N2O3S. The van der Waals surface area contributed by atoms with Crippen molar-refractivity contribution in [3.05, 3.63) is 23.3 Å². The standard InChI is InChI=1S/C15H24N2O3S/c1-11-7-8-12(2)15(14(11)16)21(19,20)17-9-3-5-13(17)6-4-10-18/h7-8,13,18H,3-6,9-10,16H2,1-2H3. The molecule has 21 heavy (non-hydrogen) atoms. The van der Waals surface area contributed by atoms with Crippen molar-refractivity contribution in [3.63, 3.8) is 0 Å². The van der Waals surface area contributed by atoms with Crippen LogP contribution in [0.4, 0.5) is 5.69 Å². The molecule has 0 amide bonds. The molecule has 6 heteroatoms. The van der Waals surface area contributed by atoms with Crippen LogP contribution in [-0.4, -0.2) is 37.0 Å². The van der Waals surface area contributed by atoms with Crippen molar-refractivity contribution in [1.82, 2.24) is 4.31 Å². The lowest BCUT2D eigenvalue weighted by Gasteiger charge is -2.26. The van der Waals surface area contributed by atoms with Crippen LogP contribution in [0, 0.1) is 13.8 Å². The van der Waals surface area contributed by atoms with Gasteiger partial charge in [0.15, 0.2) is 0 Å². The van der Waals surface area contributed by atoms with Gasteiger partial charge in [-0.3, -0.25) is 0 Å². The molecule has 1 atom stereocenters. The Bertz CT molecular complexity index is 614. The van der Waals surface area contributed by atoms with Crippen molar-refractivity contribution in [1.29, 1.82) is 0 Å². The predicted octanol–water partition coefficient (Wildman–Crippen LogP) is 1.81. The molecule has 118 valence electrons. The van der Waals surface area contributed by atoms with Crippen LogP contribution in [0.2, 0.25) is 0 Å². The van der Waals surface area contributed by atoms with E-state index in [0.717, 1.165) is 18.4 Å². The molecule has 1 saturated heterocycles. The first kappa shape index (κ1) is 16.3. The molecule has 0 saturated carbocycles. The summed E-state index contributed by atoms with van der Waals surface area (Å²) in [4.78, 5) is 0.249. The van der Waals surface area contributed by atoms with Crippen molar-refractivity contribution < 1.29 is 13.5 Å². The maximum Gasteiger partial charge on any atom is 0.245 e. The van der Waals surface area contributed by atoms with Gasteiger partial charge in [-0.2, -0.15) is 4.31 Å². The van der Waals surface area contributed by atoms with Crippen molar-refractivity contribution in [3.8, 4) is 0 Å². The number of aryl methyl sites for hydroxylation is 2. The number of sulfonamides is 1. The predicted molar refractivity (Wildman–Crippen MR) is 83.6 cm³/mol. The molecule has 0 spiro atoms. The third-order valence-electron chi connectivity index (χ3n) is 4.20. The Balaban J connectivity index is 2.40. The number of hydrogen-bond acceptors (Lipinski definition) is 4. The number of anilines is 1. The maximum atomic E-state index is 13.0. The summed E-state index contributed by atoms with van der Waals surface area (Å²) in [5, 5.41) is 8.97. The second-order valence-corrected chi connectivity index (χ2v) is 7.55. The molecule has 0 radical (unpaired) electrons. The Morgan fingerprint density at radius 3 is 2.67 bits per heavy atom. The second-order valence-electron chi connectivity index (χ2n) is 5.72. The smallest absolute Gasteiger partial charge is 0.245 e. The van der Waals surface area contributed by atoms with E-state index in [2.05, 4.69) is 0 Å². The summed E-state index contributed by atoms with van der Waals surface area (Å²) in [5.41, 5.74) is 7.86. The molecule has 1 aromatic carbocycles. The van der Waals surface area contributed by atoms with Gasteiger partial charge in [0.05, 0.1) is 5.69 Å². The van der Waals surface area contributed by atoms with Gasteiger partial charge in [0.1, 0.15) is 4.90 Å². The topological polar surface area (TPSA) is 83.6 Å². The van der Waals surface area contributed by atoms with Gasteiger partial charge in [0, 0.05) is 19.2 Å². The summed E-state index contributed by atoms with van der Waals surface area (Å²) < 4.78 is 27.5. The minimum absolute atomic E-state index is 0.0264. The Morgan fingerprint density at radius 1 is 1.33 bits per heavy atom. The van der Waals surface area contributed by atoms with Gasteiger partial charge in [-0.05, 0) is 50.7 Å². The number of nitrogens with two attached hydrogens (primary N) is 1.